The summed E-state index contributed by atoms with van der Waals surface area (Å²) in [5.74, 6) is -15.5. The van der Waals surface area contributed by atoms with Crippen molar-refractivity contribution >= 4 is 39.0 Å². The van der Waals surface area contributed by atoms with Gasteiger partial charge in [-0.3, -0.25) is 0 Å². The Morgan fingerprint density at radius 1 is 0.654 bits per heavy atom. The van der Waals surface area contributed by atoms with Crippen molar-refractivity contribution in [2.24, 2.45) is 0 Å². The molecule has 6 nitrogen and oxygen atoms in total. The van der Waals surface area contributed by atoms with Crippen LogP contribution in [-0.2, 0) is 24.4 Å². The van der Waals surface area contributed by atoms with Crippen LogP contribution in [0, 0.1) is 0 Å². The van der Waals surface area contributed by atoms with Crippen molar-refractivity contribution < 1.29 is 73.8 Å². The Morgan fingerprint density at radius 2 is 1.00 bits per heavy atom. The minimum atomic E-state index is -7.78. The van der Waals surface area contributed by atoms with Crippen molar-refractivity contribution in [1.82, 2.24) is 4.89 Å². The number of halogens is 12. The molecule has 0 aliphatic rings. The molecular weight excluding hydrogens is 453 g/mol. The fraction of sp³-hybridized carbons (Fsp3) is 1.00. The van der Waals surface area contributed by atoms with E-state index in [0.717, 1.165) is 0 Å². The predicted octanol–water partition coefficient (Wildman–Crippen LogP) is 1.46. The molecule has 0 radical (unpaired) electrons. The molecular formula is C5H2F12LiNO5S2. The molecule has 0 saturated carbocycles. The minimum absolute atomic E-state index is 0. The number of hydrogen-bond donors (Lipinski definition) is 1. The molecule has 0 bridgehead atoms. The van der Waals surface area contributed by atoms with Gasteiger partial charge >= 0.3 is 67.8 Å². The summed E-state index contributed by atoms with van der Waals surface area (Å²) >= 11 is 0. The van der Waals surface area contributed by atoms with E-state index in [1.54, 1.807) is 0 Å². The van der Waals surface area contributed by atoms with Crippen LogP contribution < -0.4 is 4.89 Å². The summed E-state index contributed by atoms with van der Waals surface area (Å²) < 4.78 is 190. The average molecular weight is 455 g/mol. The Bertz CT molecular complexity index is 709. The van der Waals surface area contributed by atoms with Gasteiger partial charge < -0.3 is 0 Å². The second kappa shape index (κ2) is 7.19. The summed E-state index contributed by atoms with van der Waals surface area (Å²) in [5.41, 5.74) is -6.50. The second-order valence-corrected chi connectivity index (χ2v) is 6.96. The molecule has 0 unspecified atom stereocenters. The average Bonchev–Trinajstić information content (AvgIpc) is 2.33. The van der Waals surface area contributed by atoms with Gasteiger partial charge in [0, 0.05) is 0 Å². The van der Waals surface area contributed by atoms with Crippen LogP contribution in [0.5, 0.6) is 0 Å². The molecule has 1 N–H and O–H groups in total. The first kappa shape index (κ1) is 27.8. The summed E-state index contributed by atoms with van der Waals surface area (Å²) in [5, 5.41) is -7.47. The first-order valence-electron chi connectivity index (χ1n) is 4.67. The van der Waals surface area contributed by atoms with Gasteiger partial charge in [-0.1, -0.05) is 4.89 Å². The molecule has 0 atom stereocenters. The Morgan fingerprint density at radius 3 is 1.27 bits per heavy atom. The van der Waals surface area contributed by atoms with Gasteiger partial charge in [-0.2, -0.15) is 65.4 Å². The summed E-state index contributed by atoms with van der Waals surface area (Å²) in [6, 6.07) is 0. The molecule has 0 saturated heterocycles. The van der Waals surface area contributed by atoms with Crippen molar-refractivity contribution in [2.75, 3.05) is 0 Å². The van der Waals surface area contributed by atoms with Crippen molar-refractivity contribution in [3.05, 3.63) is 0 Å². The second-order valence-electron chi connectivity index (χ2n) is 3.73. The number of alkyl halides is 12. The number of nitrogens with one attached hydrogen (secondary N) is 1. The van der Waals surface area contributed by atoms with Gasteiger partial charge in [-0.05, 0) is 0 Å². The first-order valence-corrected chi connectivity index (χ1v) is 7.56. The van der Waals surface area contributed by atoms with Gasteiger partial charge in [0.15, 0.2) is 0 Å². The molecule has 0 amide bonds. The monoisotopic (exact) mass is 455 g/mol. The maximum absolute atomic E-state index is 12.9. The van der Waals surface area contributed by atoms with E-state index in [0.29, 0.717) is 0 Å². The Hall–Kier alpha value is -0.423. The van der Waals surface area contributed by atoms with Crippen LogP contribution in [0.4, 0.5) is 52.7 Å². The van der Waals surface area contributed by atoms with Gasteiger partial charge in [0.1, 0.15) is 0 Å². The fourth-order valence-corrected chi connectivity index (χ4v) is 2.10. The van der Waals surface area contributed by atoms with E-state index in [1.165, 1.54) is 0 Å². The number of hydrogen-bond acceptors (Lipinski definition) is 5. The van der Waals surface area contributed by atoms with Crippen molar-refractivity contribution in [2.45, 2.75) is 28.8 Å². The van der Waals surface area contributed by atoms with Crippen molar-refractivity contribution in [1.29, 1.82) is 0 Å². The Labute approximate surface area is 147 Å². The van der Waals surface area contributed by atoms with Crippen LogP contribution in [0.15, 0.2) is 0 Å². The summed E-state index contributed by atoms with van der Waals surface area (Å²) in [6.45, 7) is 0. The van der Waals surface area contributed by atoms with E-state index in [-0.39, 0.29) is 18.9 Å². The van der Waals surface area contributed by atoms with Gasteiger partial charge in [-0.15, -0.1) is 0 Å². The maximum atomic E-state index is 12.9. The fourth-order valence-electron chi connectivity index (χ4n) is 0.719. The topological polar surface area (TPSA) is 89.5 Å². The zero-order valence-corrected chi connectivity index (χ0v) is 12.0. The molecule has 26 heavy (non-hydrogen) atoms. The molecule has 0 aliphatic heterocycles. The molecule has 0 aromatic rings. The third-order valence-electron chi connectivity index (χ3n) is 1.99. The molecule has 0 heterocycles. The molecule has 0 aliphatic carbocycles. The van der Waals surface area contributed by atoms with E-state index in [1.807, 2.05) is 0 Å². The van der Waals surface area contributed by atoms with E-state index in [2.05, 4.69) is 4.28 Å². The van der Waals surface area contributed by atoms with Crippen LogP contribution in [0.2, 0.25) is 0 Å². The van der Waals surface area contributed by atoms with E-state index >= 15 is 0 Å². The third-order valence-corrected chi connectivity index (χ3v) is 4.20. The van der Waals surface area contributed by atoms with Crippen LogP contribution in [0.25, 0.3) is 0 Å². The summed E-state index contributed by atoms with van der Waals surface area (Å²) in [7, 11) is -14.7. The van der Waals surface area contributed by atoms with Gasteiger partial charge in [0.2, 0.25) is 0 Å². The van der Waals surface area contributed by atoms with Gasteiger partial charge in [0.25, 0.3) is 0 Å². The quantitative estimate of drug-likeness (QED) is 0.284. The van der Waals surface area contributed by atoms with Crippen LogP contribution in [-0.4, -0.2) is 64.5 Å². The Balaban J connectivity index is 0. The molecule has 0 spiro atoms. The zero-order valence-electron chi connectivity index (χ0n) is 10.4. The normalized spacial score (nSPS) is 15.5. The standard InChI is InChI=1S/C5HF12NO5S2.Li.H/c6-1(7,3(10,11)12)2(8,9)4(13,14)24(19,20)18-23-25(21,22)5(15,16)17;;/h18H;;. The summed E-state index contributed by atoms with van der Waals surface area (Å²) in [6.07, 6.45) is -7.42. The SMILES string of the molecule is O=S(=O)(NOS(=O)(=O)C(F)(F)F)C(F)(F)C(F)(F)C(F)(F)C(F)(F)F.[LiH]. The molecule has 0 fully saturated rings. The molecule has 0 aromatic carbocycles. The van der Waals surface area contributed by atoms with Crippen LogP contribution in [0.3, 0.4) is 0 Å². The van der Waals surface area contributed by atoms with Gasteiger partial charge in [-0.25, -0.2) is 8.42 Å². The van der Waals surface area contributed by atoms with Gasteiger partial charge in [0.05, 0.1) is 0 Å². The van der Waals surface area contributed by atoms with E-state index in [9.17, 15) is 69.5 Å². The zero-order chi connectivity index (χ0) is 20.9. The van der Waals surface area contributed by atoms with Crippen LogP contribution in [0.1, 0.15) is 0 Å². The van der Waals surface area contributed by atoms with Crippen LogP contribution >= 0.6 is 0 Å². The summed E-state index contributed by atoms with van der Waals surface area (Å²) in [4.78, 5) is -0.791. The first-order chi connectivity index (χ1) is 10.5. The predicted molar refractivity (Wildman–Crippen MR) is 56.2 cm³/mol. The third kappa shape index (κ3) is 4.52. The van der Waals surface area contributed by atoms with Crippen molar-refractivity contribution in [3.8, 4) is 0 Å². The molecule has 0 aromatic heterocycles. The number of rotatable bonds is 6. The van der Waals surface area contributed by atoms with Crippen molar-refractivity contribution in [3.63, 3.8) is 0 Å². The Kier molecular flexibility index (Phi) is 7.69. The van der Waals surface area contributed by atoms with E-state index < -0.39 is 53.8 Å². The molecule has 0 rings (SSSR count). The number of sulfonamides is 1. The van der Waals surface area contributed by atoms with E-state index in [4.69, 9.17) is 0 Å². The molecule has 154 valence electrons. The molecule has 21 heteroatoms.